The van der Waals surface area contributed by atoms with Crippen LogP contribution in [-0.4, -0.2) is 43.8 Å². The van der Waals surface area contributed by atoms with Crippen LogP contribution in [0.5, 0.6) is 0 Å². The molecule has 3 aromatic carbocycles. The largest absolute Gasteiger partial charge is 0.352 e. The molecule has 1 N–H and O–H groups in total. The first-order valence-corrected chi connectivity index (χ1v) is 14.7. The summed E-state index contributed by atoms with van der Waals surface area (Å²) in [6.45, 7) is 2.24. The van der Waals surface area contributed by atoms with E-state index in [2.05, 4.69) is 5.32 Å². The quantitative estimate of drug-likeness (QED) is 0.375. The van der Waals surface area contributed by atoms with Crippen LogP contribution in [0.2, 0.25) is 0 Å². The summed E-state index contributed by atoms with van der Waals surface area (Å²) in [5.41, 5.74) is 0.672. The van der Waals surface area contributed by atoms with E-state index in [0.29, 0.717) is 4.31 Å². The summed E-state index contributed by atoms with van der Waals surface area (Å²) in [5, 5.41) is 2.95. The third-order valence-corrected chi connectivity index (χ3v) is 8.95. The van der Waals surface area contributed by atoms with Gasteiger partial charge in [0.05, 0.1) is 10.6 Å². The first-order chi connectivity index (χ1) is 19.1. The van der Waals surface area contributed by atoms with Gasteiger partial charge in [0.15, 0.2) is 0 Å². The lowest BCUT2D eigenvalue weighted by molar-refractivity contribution is -0.139. The van der Waals surface area contributed by atoms with Crippen molar-refractivity contribution in [3.63, 3.8) is 0 Å². The second-order valence-electron chi connectivity index (χ2n) is 10.1. The summed E-state index contributed by atoms with van der Waals surface area (Å²) < 4.78 is 57.8. The van der Waals surface area contributed by atoms with Crippen LogP contribution in [0.1, 0.15) is 43.7 Å². The van der Waals surface area contributed by atoms with Crippen molar-refractivity contribution < 1.29 is 26.8 Å². The Morgan fingerprint density at radius 3 is 2.15 bits per heavy atom. The lowest BCUT2D eigenvalue weighted by atomic mass is 10.1. The van der Waals surface area contributed by atoms with Gasteiger partial charge in [-0.3, -0.25) is 13.9 Å². The molecule has 2 amide bonds. The summed E-state index contributed by atoms with van der Waals surface area (Å²) in [6, 6.07) is 16.0. The number of nitrogens with one attached hydrogen (secondary N) is 1. The van der Waals surface area contributed by atoms with E-state index in [4.69, 9.17) is 0 Å². The SMILES string of the molecule is Cc1ccc(S(=O)(=O)N(CC(=O)N(Cc2ccccc2F)C(C)C(=O)NC2CCCC2)c2ccccc2F)cc1. The Labute approximate surface area is 233 Å². The molecule has 40 heavy (non-hydrogen) atoms. The smallest absolute Gasteiger partial charge is 0.264 e. The van der Waals surface area contributed by atoms with Crippen LogP contribution in [0.3, 0.4) is 0 Å². The Hall–Kier alpha value is -3.79. The zero-order valence-corrected chi connectivity index (χ0v) is 23.3. The van der Waals surface area contributed by atoms with E-state index < -0.39 is 46.1 Å². The van der Waals surface area contributed by atoms with Gasteiger partial charge in [-0.25, -0.2) is 17.2 Å². The zero-order chi connectivity index (χ0) is 28.9. The van der Waals surface area contributed by atoms with E-state index in [1.165, 1.54) is 55.5 Å². The number of halogens is 2. The summed E-state index contributed by atoms with van der Waals surface area (Å²) in [7, 11) is -4.40. The number of rotatable bonds is 10. The molecular weight excluding hydrogens is 536 g/mol. The van der Waals surface area contributed by atoms with Crippen molar-refractivity contribution in [3.8, 4) is 0 Å². The summed E-state index contributed by atoms with van der Waals surface area (Å²) in [5.74, 6) is -2.60. The fourth-order valence-electron chi connectivity index (χ4n) is 4.79. The third kappa shape index (κ3) is 6.67. The molecule has 7 nitrogen and oxygen atoms in total. The van der Waals surface area contributed by atoms with Crippen molar-refractivity contribution in [1.29, 1.82) is 0 Å². The molecule has 4 rings (SSSR count). The third-order valence-electron chi connectivity index (χ3n) is 7.18. The van der Waals surface area contributed by atoms with Gasteiger partial charge in [0.25, 0.3) is 10.0 Å². The first-order valence-electron chi connectivity index (χ1n) is 13.2. The van der Waals surface area contributed by atoms with Gasteiger partial charge < -0.3 is 10.2 Å². The minimum absolute atomic E-state index is 0.0165. The van der Waals surface area contributed by atoms with Crippen molar-refractivity contribution in [1.82, 2.24) is 10.2 Å². The molecule has 0 bridgehead atoms. The first kappa shape index (κ1) is 29.2. The van der Waals surface area contributed by atoms with Crippen molar-refractivity contribution in [2.45, 2.75) is 63.1 Å². The molecule has 0 aliphatic heterocycles. The topological polar surface area (TPSA) is 86.8 Å². The Morgan fingerprint density at radius 1 is 0.925 bits per heavy atom. The van der Waals surface area contributed by atoms with Crippen LogP contribution in [-0.2, 0) is 26.2 Å². The van der Waals surface area contributed by atoms with Crippen molar-refractivity contribution in [2.75, 3.05) is 10.8 Å². The number of amides is 2. The second kappa shape index (κ2) is 12.6. The molecule has 0 saturated heterocycles. The van der Waals surface area contributed by atoms with E-state index in [-0.39, 0.29) is 28.7 Å². The highest BCUT2D eigenvalue weighted by atomic mass is 32.2. The number of carbonyl (C=O) groups excluding carboxylic acids is 2. The Bertz CT molecular complexity index is 1460. The number of benzene rings is 3. The van der Waals surface area contributed by atoms with Crippen molar-refractivity contribution in [3.05, 3.63) is 95.6 Å². The predicted octanol–water partition coefficient (Wildman–Crippen LogP) is 4.94. The van der Waals surface area contributed by atoms with Crippen molar-refractivity contribution in [2.24, 2.45) is 0 Å². The average molecular weight is 570 g/mol. The normalized spacial score (nSPS) is 14.5. The van der Waals surface area contributed by atoms with Gasteiger partial charge in [-0.2, -0.15) is 0 Å². The molecular formula is C30H33F2N3O4S. The second-order valence-corrected chi connectivity index (χ2v) is 11.9. The molecule has 1 fully saturated rings. The van der Waals surface area contributed by atoms with Gasteiger partial charge in [-0.15, -0.1) is 0 Å². The average Bonchev–Trinajstić information content (AvgIpc) is 3.44. The molecule has 10 heteroatoms. The minimum atomic E-state index is -4.40. The minimum Gasteiger partial charge on any atom is -0.352 e. The van der Waals surface area contributed by atoms with Gasteiger partial charge in [0.1, 0.15) is 24.2 Å². The van der Waals surface area contributed by atoms with Crippen LogP contribution in [0, 0.1) is 18.6 Å². The fraction of sp³-hybridized carbons (Fsp3) is 0.333. The van der Waals surface area contributed by atoms with E-state index in [9.17, 15) is 26.8 Å². The van der Waals surface area contributed by atoms with Gasteiger partial charge in [-0.1, -0.05) is 60.9 Å². The number of anilines is 1. The summed E-state index contributed by atoms with van der Waals surface area (Å²) in [6.07, 6.45) is 3.64. The van der Waals surface area contributed by atoms with Gasteiger partial charge in [0, 0.05) is 18.2 Å². The molecule has 0 spiro atoms. The van der Waals surface area contributed by atoms with Crippen LogP contribution >= 0.6 is 0 Å². The maximum absolute atomic E-state index is 15.0. The van der Waals surface area contributed by atoms with Crippen LogP contribution in [0.25, 0.3) is 0 Å². The van der Waals surface area contributed by atoms with Gasteiger partial charge >= 0.3 is 0 Å². The Kier molecular flexibility index (Phi) is 9.19. The number of carbonyl (C=O) groups is 2. The molecule has 0 aromatic heterocycles. The van der Waals surface area contributed by atoms with Crippen molar-refractivity contribution >= 4 is 27.5 Å². The lowest BCUT2D eigenvalue weighted by Crippen LogP contribution is -2.52. The molecule has 212 valence electrons. The number of hydrogen-bond donors (Lipinski definition) is 1. The highest BCUT2D eigenvalue weighted by molar-refractivity contribution is 7.92. The number of sulfonamides is 1. The highest BCUT2D eigenvalue weighted by Crippen LogP contribution is 2.27. The number of para-hydroxylation sites is 1. The zero-order valence-electron chi connectivity index (χ0n) is 22.5. The monoisotopic (exact) mass is 569 g/mol. The molecule has 0 radical (unpaired) electrons. The van der Waals surface area contributed by atoms with Crippen LogP contribution in [0.4, 0.5) is 14.5 Å². The van der Waals surface area contributed by atoms with E-state index in [1.54, 1.807) is 25.1 Å². The molecule has 1 saturated carbocycles. The predicted molar refractivity (Wildman–Crippen MR) is 149 cm³/mol. The van der Waals surface area contributed by atoms with Crippen LogP contribution < -0.4 is 9.62 Å². The van der Waals surface area contributed by atoms with E-state index in [1.807, 2.05) is 0 Å². The molecule has 1 atom stereocenters. The molecule has 1 aliphatic carbocycles. The Balaban J connectivity index is 1.70. The molecule has 1 aliphatic rings. The van der Waals surface area contributed by atoms with E-state index >= 15 is 0 Å². The van der Waals surface area contributed by atoms with Gasteiger partial charge in [0.2, 0.25) is 11.8 Å². The fourth-order valence-corrected chi connectivity index (χ4v) is 6.21. The lowest BCUT2D eigenvalue weighted by Gasteiger charge is -2.32. The molecule has 3 aromatic rings. The molecule has 0 heterocycles. The summed E-state index contributed by atoms with van der Waals surface area (Å²) >= 11 is 0. The number of aryl methyl sites for hydroxylation is 1. The number of hydrogen-bond acceptors (Lipinski definition) is 4. The van der Waals surface area contributed by atoms with E-state index in [0.717, 1.165) is 42.2 Å². The maximum Gasteiger partial charge on any atom is 0.264 e. The Morgan fingerprint density at radius 2 is 1.52 bits per heavy atom. The number of nitrogens with zero attached hydrogens (tertiary/aromatic N) is 2. The maximum atomic E-state index is 15.0. The van der Waals surface area contributed by atoms with Crippen LogP contribution in [0.15, 0.2) is 77.7 Å². The highest BCUT2D eigenvalue weighted by Gasteiger charge is 2.34. The standard InChI is InChI=1S/C30H33F2N3O4S/c1-21-15-17-25(18-16-21)40(38,39)35(28-14-8-7-13-27(28)32)20-29(36)34(19-23-9-3-6-12-26(23)31)22(2)30(37)33-24-10-4-5-11-24/h3,6-9,12-18,22,24H,4-5,10-11,19-20H2,1-2H3,(H,33,37). The molecule has 1 unspecified atom stereocenters. The van der Waals surface area contributed by atoms with Gasteiger partial charge in [-0.05, 0) is 57.0 Å². The summed E-state index contributed by atoms with van der Waals surface area (Å²) in [4.78, 5) is 28.1.